The van der Waals surface area contributed by atoms with Crippen LogP contribution in [0.3, 0.4) is 0 Å². The Labute approximate surface area is 95.3 Å². The normalized spacial score (nSPS) is 21.8. The van der Waals surface area contributed by atoms with Crippen molar-refractivity contribution in [1.29, 1.82) is 0 Å². The third kappa shape index (κ3) is 1.97. The Morgan fingerprint density at radius 2 is 2.31 bits per heavy atom. The summed E-state index contributed by atoms with van der Waals surface area (Å²) in [4.78, 5) is 4.36. The predicted molar refractivity (Wildman–Crippen MR) is 58.6 cm³/mol. The molecule has 2 unspecified atom stereocenters. The standard InChI is InChI=1S/C11H19N3O2/c1-4-8(15-3)9-13-10(16-14-9)11(2,12)7-5-6-7/h7-8H,4-6,12H2,1-3H3. The molecule has 5 nitrogen and oxygen atoms in total. The highest BCUT2D eigenvalue weighted by atomic mass is 16.5. The molecule has 1 aromatic heterocycles. The third-order valence-corrected chi connectivity index (χ3v) is 3.27. The zero-order valence-electron chi connectivity index (χ0n) is 10.1. The lowest BCUT2D eigenvalue weighted by Gasteiger charge is -2.18. The summed E-state index contributed by atoms with van der Waals surface area (Å²) in [6.07, 6.45) is 3.01. The molecule has 1 aromatic rings. The molecule has 2 atom stereocenters. The molecule has 90 valence electrons. The van der Waals surface area contributed by atoms with E-state index in [1.165, 1.54) is 0 Å². The van der Waals surface area contributed by atoms with Gasteiger partial charge in [0.05, 0.1) is 5.54 Å². The van der Waals surface area contributed by atoms with Gasteiger partial charge in [0.25, 0.3) is 0 Å². The van der Waals surface area contributed by atoms with Crippen molar-refractivity contribution in [2.75, 3.05) is 7.11 Å². The van der Waals surface area contributed by atoms with Crippen LogP contribution in [0.4, 0.5) is 0 Å². The smallest absolute Gasteiger partial charge is 0.246 e. The number of ether oxygens (including phenoxy) is 1. The first-order chi connectivity index (χ1) is 7.59. The summed E-state index contributed by atoms with van der Waals surface area (Å²) in [5.74, 6) is 1.60. The Balaban J connectivity index is 2.18. The van der Waals surface area contributed by atoms with Gasteiger partial charge in [-0.1, -0.05) is 12.1 Å². The van der Waals surface area contributed by atoms with Gasteiger partial charge in [0.15, 0.2) is 0 Å². The van der Waals surface area contributed by atoms with Crippen molar-refractivity contribution in [2.24, 2.45) is 11.7 Å². The fraction of sp³-hybridized carbons (Fsp3) is 0.818. The van der Waals surface area contributed by atoms with Gasteiger partial charge in [-0.15, -0.1) is 0 Å². The summed E-state index contributed by atoms with van der Waals surface area (Å²) in [5, 5.41) is 3.94. The maximum absolute atomic E-state index is 6.20. The highest BCUT2D eigenvalue weighted by molar-refractivity contribution is 5.08. The average molecular weight is 225 g/mol. The van der Waals surface area contributed by atoms with E-state index in [4.69, 9.17) is 15.0 Å². The molecule has 0 aromatic carbocycles. The number of hydrogen-bond acceptors (Lipinski definition) is 5. The third-order valence-electron chi connectivity index (χ3n) is 3.27. The fourth-order valence-electron chi connectivity index (χ4n) is 1.90. The summed E-state index contributed by atoms with van der Waals surface area (Å²) in [6, 6.07) is 0. The van der Waals surface area contributed by atoms with Crippen LogP contribution >= 0.6 is 0 Å². The van der Waals surface area contributed by atoms with Crippen LogP contribution in [-0.2, 0) is 10.3 Å². The van der Waals surface area contributed by atoms with Gasteiger partial charge < -0.3 is 15.0 Å². The van der Waals surface area contributed by atoms with Gasteiger partial charge in [0.1, 0.15) is 6.10 Å². The number of methoxy groups -OCH3 is 1. The summed E-state index contributed by atoms with van der Waals surface area (Å²) in [7, 11) is 1.65. The van der Waals surface area contributed by atoms with Crippen molar-refractivity contribution in [3.05, 3.63) is 11.7 Å². The first kappa shape index (κ1) is 11.5. The van der Waals surface area contributed by atoms with E-state index in [2.05, 4.69) is 10.1 Å². The molecule has 0 aliphatic heterocycles. The highest BCUT2D eigenvalue weighted by Crippen LogP contribution is 2.43. The van der Waals surface area contributed by atoms with Crippen LogP contribution in [0.1, 0.15) is 50.9 Å². The largest absolute Gasteiger partial charge is 0.373 e. The van der Waals surface area contributed by atoms with Gasteiger partial charge in [-0.3, -0.25) is 0 Å². The quantitative estimate of drug-likeness (QED) is 0.826. The summed E-state index contributed by atoms with van der Waals surface area (Å²) >= 11 is 0. The molecule has 1 aliphatic rings. The first-order valence-electron chi connectivity index (χ1n) is 5.75. The molecule has 1 fully saturated rings. The van der Waals surface area contributed by atoms with E-state index in [0.29, 0.717) is 17.6 Å². The fourth-order valence-corrected chi connectivity index (χ4v) is 1.90. The molecule has 0 saturated heterocycles. The van der Waals surface area contributed by atoms with Crippen molar-refractivity contribution in [3.63, 3.8) is 0 Å². The van der Waals surface area contributed by atoms with E-state index in [1.807, 2.05) is 13.8 Å². The van der Waals surface area contributed by atoms with Crippen LogP contribution in [-0.4, -0.2) is 17.3 Å². The molecule has 5 heteroatoms. The van der Waals surface area contributed by atoms with Crippen LogP contribution in [0.5, 0.6) is 0 Å². The number of aromatic nitrogens is 2. The van der Waals surface area contributed by atoms with Gasteiger partial charge >= 0.3 is 0 Å². The van der Waals surface area contributed by atoms with Crippen LogP contribution < -0.4 is 5.73 Å². The summed E-state index contributed by atoms with van der Waals surface area (Å²) in [6.45, 7) is 3.97. The molecule has 1 heterocycles. The monoisotopic (exact) mass is 225 g/mol. The zero-order valence-corrected chi connectivity index (χ0v) is 10.1. The number of nitrogens with zero attached hydrogens (tertiary/aromatic N) is 2. The lowest BCUT2D eigenvalue weighted by Crippen LogP contribution is -2.35. The maximum Gasteiger partial charge on any atom is 0.246 e. The van der Waals surface area contributed by atoms with Crippen molar-refractivity contribution in [1.82, 2.24) is 10.1 Å². The second-order valence-corrected chi connectivity index (χ2v) is 4.65. The minimum Gasteiger partial charge on any atom is -0.373 e. The molecule has 1 aliphatic carbocycles. The van der Waals surface area contributed by atoms with E-state index < -0.39 is 5.54 Å². The van der Waals surface area contributed by atoms with Crippen molar-refractivity contribution in [3.8, 4) is 0 Å². The topological polar surface area (TPSA) is 74.2 Å². The van der Waals surface area contributed by atoms with Crippen LogP contribution in [0.2, 0.25) is 0 Å². The molecule has 0 radical (unpaired) electrons. The zero-order chi connectivity index (χ0) is 11.8. The second-order valence-electron chi connectivity index (χ2n) is 4.65. The minimum absolute atomic E-state index is 0.104. The van der Waals surface area contributed by atoms with Gasteiger partial charge in [0, 0.05) is 7.11 Å². The molecule has 2 N–H and O–H groups in total. The van der Waals surface area contributed by atoms with E-state index in [1.54, 1.807) is 7.11 Å². The van der Waals surface area contributed by atoms with E-state index >= 15 is 0 Å². The Morgan fingerprint density at radius 3 is 2.81 bits per heavy atom. The van der Waals surface area contributed by atoms with Crippen LogP contribution in [0.15, 0.2) is 4.52 Å². The Hall–Kier alpha value is -0.940. The lowest BCUT2D eigenvalue weighted by molar-refractivity contribution is 0.0903. The molecule has 16 heavy (non-hydrogen) atoms. The Bertz CT molecular complexity index is 354. The van der Waals surface area contributed by atoms with E-state index in [9.17, 15) is 0 Å². The molecular formula is C11H19N3O2. The SMILES string of the molecule is CCC(OC)c1noc(C(C)(N)C2CC2)n1. The number of hydrogen-bond donors (Lipinski definition) is 1. The van der Waals surface area contributed by atoms with E-state index in [-0.39, 0.29) is 6.10 Å². The summed E-state index contributed by atoms with van der Waals surface area (Å²) in [5.41, 5.74) is 5.71. The van der Waals surface area contributed by atoms with Gasteiger partial charge in [-0.25, -0.2) is 0 Å². The van der Waals surface area contributed by atoms with E-state index in [0.717, 1.165) is 19.3 Å². The molecule has 0 bridgehead atoms. The van der Waals surface area contributed by atoms with Gasteiger partial charge in [-0.05, 0) is 32.1 Å². The molecule has 2 rings (SSSR count). The maximum atomic E-state index is 6.20. The molecule has 0 amide bonds. The number of rotatable bonds is 5. The van der Waals surface area contributed by atoms with Crippen LogP contribution in [0, 0.1) is 5.92 Å². The predicted octanol–water partition coefficient (Wildman–Crippen LogP) is 1.75. The highest BCUT2D eigenvalue weighted by Gasteiger charge is 2.44. The second kappa shape index (κ2) is 4.14. The first-order valence-corrected chi connectivity index (χ1v) is 5.75. The lowest BCUT2D eigenvalue weighted by atomic mass is 9.97. The van der Waals surface area contributed by atoms with Gasteiger partial charge in [-0.2, -0.15) is 4.98 Å². The van der Waals surface area contributed by atoms with Gasteiger partial charge in [0.2, 0.25) is 11.7 Å². The minimum atomic E-state index is -0.489. The van der Waals surface area contributed by atoms with Crippen molar-refractivity contribution in [2.45, 2.75) is 44.8 Å². The average Bonchev–Trinajstić information content (AvgIpc) is 3.01. The molecular weight excluding hydrogens is 206 g/mol. The Kier molecular flexibility index (Phi) is 2.99. The van der Waals surface area contributed by atoms with Crippen molar-refractivity contribution >= 4 is 0 Å². The van der Waals surface area contributed by atoms with Crippen molar-refractivity contribution < 1.29 is 9.26 Å². The molecule has 1 saturated carbocycles. The summed E-state index contributed by atoms with van der Waals surface area (Å²) < 4.78 is 10.5. The number of nitrogens with two attached hydrogens (primary N) is 1. The van der Waals surface area contributed by atoms with Crippen LogP contribution in [0.25, 0.3) is 0 Å². The Morgan fingerprint density at radius 1 is 1.62 bits per heavy atom. The molecule has 0 spiro atoms.